The van der Waals surface area contributed by atoms with Gasteiger partial charge in [-0.3, -0.25) is 9.78 Å². The third-order valence-electron chi connectivity index (χ3n) is 3.14. The van der Waals surface area contributed by atoms with E-state index in [0.29, 0.717) is 17.3 Å². The number of pyridine rings is 1. The van der Waals surface area contributed by atoms with Gasteiger partial charge in [-0.1, -0.05) is 5.16 Å². The minimum atomic E-state index is -0.248. The molecule has 7 nitrogen and oxygen atoms in total. The Morgan fingerprint density at radius 1 is 1.26 bits per heavy atom. The Bertz CT molecular complexity index is 785. The first-order chi connectivity index (χ1) is 11.3. The van der Waals surface area contributed by atoms with E-state index in [1.807, 2.05) is 24.3 Å². The van der Waals surface area contributed by atoms with Gasteiger partial charge in [0.05, 0.1) is 19.2 Å². The van der Waals surface area contributed by atoms with Gasteiger partial charge in [-0.05, 0) is 36.4 Å². The molecule has 3 rings (SSSR count). The molecule has 0 unspecified atom stereocenters. The largest absolute Gasteiger partial charge is 0.497 e. The van der Waals surface area contributed by atoms with Crippen molar-refractivity contribution in [2.45, 2.75) is 6.54 Å². The molecule has 1 amide bonds. The summed E-state index contributed by atoms with van der Waals surface area (Å²) >= 11 is 0. The Balaban J connectivity index is 1.64. The number of nitrogens with one attached hydrogen (secondary N) is 1. The molecule has 0 atom stereocenters. The van der Waals surface area contributed by atoms with Crippen LogP contribution in [-0.4, -0.2) is 28.1 Å². The van der Waals surface area contributed by atoms with Gasteiger partial charge in [0.2, 0.25) is 11.7 Å². The number of nitrogens with zero attached hydrogens (tertiary/aromatic N) is 3. The number of methoxy groups -OCH3 is 1. The number of aromatic nitrogens is 3. The number of rotatable bonds is 5. The van der Waals surface area contributed by atoms with Crippen molar-refractivity contribution in [1.82, 2.24) is 20.4 Å². The average molecular weight is 310 g/mol. The first-order valence-corrected chi connectivity index (χ1v) is 6.91. The molecule has 0 fully saturated rings. The number of hydrogen-bond acceptors (Lipinski definition) is 6. The maximum atomic E-state index is 11.9. The molecule has 1 N–H and O–H groups in total. The second-order valence-electron chi connectivity index (χ2n) is 4.66. The Kier molecular flexibility index (Phi) is 4.28. The maximum absolute atomic E-state index is 11.9. The van der Waals surface area contributed by atoms with Gasteiger partial charge in [0.25, 0.3) is 5.91 Å². The van der Waals surface area contributed by atoms with E-state index in [1.165, 1.54) is 6.20 Å². The van der Waals surface area contributed by atoms with Crippen molar-refractivity contribution in [2.24, 2.45) is 0 Å². The van der Waals surface area contributed by atoms with Crippen molar-refractivity contribution in [3.8, 4) is 17.1 Å². The number of hydrogen-bond donors (Lipinski definition) is 1. The molecule has 0 aliphatic rings. The van der Waals surface area contributed by atoms with Crippen LogP contribution in [0, 0.1) is 0 Å². The molecule has 0 aliphatic heterocycles. The van der Waals surface area contributed by atoms with Gasteiger partial charge in [0, 0.05) is 18.0 Å². The Morgan fingerprint density at radius 2 is 2.09 bits per heavy atom. The van der Waals surface area contributed by atoms with Crippen molar-refractivity contribution in [3.05, 3.63) is 60.2 Å². The molecule has 0 saturated heterocycles. The summed E-state index contributed by atoms with van der Waals surface area (Å²) in [5, 5.41) is 6.61. The predicted molar refractivity (Wildman–Crippen MR) is 81.7 cm³/mol. The minimum absolute atomic E-state index is 0.150. The van der Waals surface area contributed by atoms with E-state index in [1.54, 1.807) is 25.4 Å². The van der Waals surface area contributed by atoms with E-state index < -0.39 is 0 Å². The second-order valence-corrected chi connectivity index (χ2v) is 4.66. The SMILES string of the molecule is COc1ccc(-c2noc(CNC(=O)c3cccnc3)n2)cc1. The van der Waals surface area contributed by atoms with Crippen molar-refractivity contribution in [1.29, 1.82) is 0 Å². The van der Waals surface area contributed by atoms with Crippen LogP contribution in [0.3, 0.4) is 0 Å². The Labute approximate surface area is 132 Å². The van der Waals surface area contributed by atoms with E-state index in [0.717, 1.165) is 11.3 Å². The highest BCUT2D eigenvalue weighted by Crippen LogP contribution is 2.19. The maximum Gasteiger partial charge on any atom is 0.253 e. The van der Waals surface area contributed by atoms with Gasteiger partial charge in [0.1, 0.15) is 5.75 Å². The summed E-state index contributed by atoms with van der Waals surface area (Å²) in [7, 11) is 1.60. The lowest BCUT2D eigenvalue weighted by Crippen LogP contribution is -2.22. The lowest BCUT2D eigenvalue weighted by molar-refractivity contribution is 0.0946. The molecule has 0 aliphatic carbocycles. The molecular formula is C16H14N4O3. The van der Waals surface area contributed by atoms with E-state index in [-0.39, 0.29) is 12.5 Å². The molecule has 0 radical (unpaired) electrons. The van der Waals surface area contributed by atoms with Gasteiger partial charge in [-0.15, -0.1) is 0 Å². The summed E-state index contributed by atoms with van der Waals surface area (Å²) in [6.45, 7) is 0.150. The lowest BCUT2D eigenvalue weighted by Gasteiger charge is -2.01. The van der Waals surface area contributed by atoms with Gasteiger partial charge in [-0.25, -0.2) is 0 Å². The fourth-order valence-electron chi connectivity index (χ4n) is 1.94. The first kappa shape index (κ1) is 14.7. The summed E-state index contributed by atoms with van der Waals surface area (Å²) in [6.07, 6.45) is 3.10. The lowest BCUT2D eigenvalue weighted by atomic mass is 10.2. The quantitative estimate of drug-likeness (QED) is 0.776. The molecule has 116 valence electrons. The Morgan fingerprint density at radius 3 is 2.78 bits per heavy atom. The highest BCUT2D eigenvalue weighted by Gasteiger charge is 2.11. The summed E-state index contributed by atoms with van der Waals surface area (Å²) < 4.78 is 10.2. The van der Waals surface area contributed by atoms with Crippen LogP contribution in [0.2, 0.25) is 0 Å². The molecule has 0 bridgehead atoms. The average Bonchev–Trinajstić information content (AvgIpc) is 3.09. The topological polar surface area (TPSA) is 90.1 Å². The van der Waals surface area contributed by atoms with E-state index >= 15 is 0 Å². The molecule has 7 heteroatoms. The molecular weight excluding hydrogens is 296 g/mol. The van der Waals surface area contributed by atoms with Crippen LogP contribution >= 0.6 is 0 Å². The van der Waals surface area contributed by atoms with Crippen LogP contribution in [0.1, 0.15) is 16.2 Å². The van der Waals surface area contributed by atoms with Crippen molar-refractivity contribution < 1.29 is 14.1 Å². The normalized spacial score (nSPS) is 10.3. The zero-order valence-corrected chi connectivity index (χ0v) is 12.4. The molecule has 0 spiro atoms. The van der Waals surface area contributed by atoms with E-state index in [9.17, 15) is 4.79 Å². The van der Waals surface area contributed by atoms with E-state index in [4.69, 9.17) is 9.26 Å². The number of amides is 1. The second kappa shape index (κ2) is 6.69. The van der Waals surface area contributed by atoms with Crippen molar-refractivity contribution in [2.75, 3.05) is 7.11 Å². The number of carbonyl (C=O) groups excluding carboxylic acids is 1. The summed E-state index contributed by atoms with van der Waals surface area (Å²) in [4.78, 5) is 20.1. The fraction of sp³-hybridized carbons (Fsp3) is 0.125. The number of ether oxygens (including phenoxy) is 1. The third-order valence-corrected chi connectivity index (χ3v) is 3.14. The third kappa shape index (κ3) is 3.52. The Hall–Kier alpha value is -3.22. The molecule has 23 heavy (non-hydrogen) atoms. The molecule has 1 aromatic carbocycles. The van der Waals surface area contributed by atoms with Crippen LogP contribution in [0.15, 0.2) is 53.3 Å². The molecule has 0 saturated carbocycles. The van der Waals surface area contributed by atoms with Crippen LogP contribution in [0.25, 0.3) is 11.4 Å². The van der Waals surface area contributed by atoms with Crippen LogP contribution in [-0.2, 0) is 6.54 Å². The first-order valence-electron chi connectivity index (χ1n) is 6.91. The van der Waals surface area contributed by atoms with Gasteiger partial charge >= 0.3 is 0 Å². The predicted octanol–water partition coefficient (Wildman–Crippen LogP) is 2.07. The van der Waals surface area contributed by atoms with Crippen LogP contribution in [0.5, 0.6) is 5.75 Å². The van der Waals surface area contributed by atoms with Gasteiger partial charge in [0.15, 0.2) is 0 Å². The van der Waals surface area contributed by atoms with Crippen LogP contribution in [0.4, 0.5) is 0 Å². The minimum Gasteiger partial charge on any atom is -0.497 e. The van der Waals surface area contributed by atoms with Gasteiger partial charge in [-0.2, -0.15) is 4.98 Å². The van der Waals surface area contributed by atoms with Crippen molar-refractivity contribution in [3.63, 3.8) is 0 Å². The molecule has 2 aromatic heterocycles. The monoisotopic (exact) mass is 310 g/mol. The molecule has 2 heterocycles. The zero-order chi connectivity index (χ0) is 16.1. The summed E-state index contributed by atoms with van der Waals surface area (Å²) in [5.74, 6) is 1.29. The standard InChI is InChI=1S/C16H14N4O3/c1-22-13-6-4-11(5-7-13)15-19-14(23-20-15)10-18-16(21)12-3-2-8-17-9-12/h2-9H,10H2,1H3,(H,18,21). The zero-order valence-electron chi connectivity index (χ0n) is 12.4. The number of carbonyl (C=O) groups is 1. The van der Waals surface area contributed by atoms with E-state index in [2.05, 4.69) is 20.4 Å². The summed E-state index contributed by atoms with van der Waals surface area (Å²) in [6, 6.07) is 10.7. The number of benzene rings is 1. The summed E-state index contributed by atoms with van der Waals surface area (Å²) in [5.41, 5.74) is 1.28. The van der Waals surface area contributed by atoms with Gasteiger partial charge < -0.3 is 14.6 Å². The smallest absolute Gasteiger partial charge is 0.253 e. The fourth-order valence-corrected chi connectivity index (χ4v) is 1.94. The van der Waals surface area contributed by atoms with Crippen LogP contribution < -0.4 is 10.1 Å². The highest BCUT2D eigenvalue weighted by molar-refractivity contribution is 5.93. The van der Waals surface area contributed by atoms with Crippen molar-refractivity contribution >= 4 is 5.91 Å². The highest BCUT2D eigenvalue weighted by atomic mass is 16.5. The molecule has 3 aromatic rings.